The van der Waals surface area contributed by atoms with Gasteiger partial charge in [0.2, 0.25) is 5.91 Å². The van der Waals surface area contributed by atoms with E-state index in [0.717, 1.165) is 38.1 Å². The number of para-hydroxylation sites is 1. The number of carbonyl (C=O) groups excluding carboxylic acids is 1. The molecule has 134 valence electrons. The average Bonchev–Trinajstić information content (AvgIpc) is 2.57. The molecule has 1 heterocycles. The largest absolute Gasteiger partial charge is 0.496 e. The van der Waals surface area contributed by atoms with Gasteiger partial charge in [-0.2, -0.15) is 0 Å². The van der Waals surface area contributed by atoms with Crippen LogP contribution in [0.2, 0.25) is 0 Å². The zero-order valence-corrected chi connectivity index (χ0v) is 15.4. The molecule has 1 N–H and O–H groups in total. The highest BCUT2D eigenvalue weighted by Gasteiger charge is 2.22. The molecule has 0 aromatic heterocycles. The molecule has 1 aromatic rings. The molecular weight excluding hydrogens is 302 g/mol. The second-order valence-corrected chi connectivity index (χ2v) is 6.92. The van der Waals surface area contributed by atoms with Gasteiger partial charge in [0.25, 0.3) is 0 Å². The van der Waals surface area contributed by atoms with Crippen molar-refractivity contribution in [3.63, 3.8) is 0 Å². The van der Waals surface area contributed by atoms with Crippen molar-refractivity contribution in [3.05, 3.63) is 29.8 Å². The fourth-order valence-electron chi connectivity index (χ4n) is 3.25. The number of benzene rings is 1. The van der Waals surface area contributed by atoms with Gasteiger partial charge in [-0.25, -0.2) is 0 Å². The van der Waals surface area contributed by atoms with E-state index in [9.17, 15) is 4.79 Å². The Labute approximate surface area is 146 Å². The van der Waals surface area contributed by atoms with E-state index in [1.165, 1.54) is 5.56 Å². The predicted molar refractivity (Wildman–Crippen MR) is 97.5 cm³/mol. The highest BCUT2D eigenvalue weighted by Crippen LogP contribution is 2.19. The van der Waals surface area contributed by atoms with Crippen LogP contribution in [0.25, 0.3) is 0 Å². The van der Waals surface area contributed by atoms with Crippen molar-refractivity contribution in [3.8, 4) is 5.75 Å². The van der Waals surface area contributed by atoms with Crippen molar-refractivity contribution in [2.45, 2.75) is 38.3 Å². The lowest BCUT2D eigenvalue weighted by molar-refractivity contribution is -0.130. The normalized spacial score (nSPS) is 17.5. The number of piperidine rings is 1. The van der Waals surface area contributed by atoms with Crippen molar-refractivity contribution in [2.75, 3.05) is 40.8 Å². The van der Waals surface area contributed by atoms with E-state index in [4.69, 9.17) is 4.74 Å². The molecule has 1 atom stereocenters. The monoisotopic (exact) mass is 333 g/mol. The second-order valence-electron chi connectivity index (χ2n) is 6.92. The minimum absolute atomic E-state index is 0.186. The third kappa shape index (κ3) is 5.49. The number of amides is 1. The molecule has 24 heavy (non-hydrogen) atoms. The van der Waals surface area contributed by atoms with Gasteiger partial charge in [-0.3, -0.25) is 9.69 Å². The van der Waals surface area contributed by atoms with Crippen molar-refractivity contribution < 1.29 is 9.53 Å². The van der Waals surface area contributed by atoms with Crippen LogP contribution in [0.4, 0.5) is 0 Å². The van der Waals surface area contributed by atoms with E-state index in [2.05, 4.69) is 29.3 Å². The number of likely N-dealkylation sites (tertiary alicyclic amines) is 1. The van der Waals surface area contributed by atoms with Crippen molar-refractivity contribution in [1.82, 2.24) is 15.1 Å². The molecule has 1 unspecified atom stereocenters. The molecule has 1 aromatic carbocycles. The lowest BCUT2D eigenvalue weighted by Gasteiger charge is -2.34. The Kier molecular flexibility index (Phi) is 7.06. The maximum absolute atomic E-state index is 11.8. The highest BCUT2D eigenvalue weighted by atomic mass is 16.5. The molecule has 0 spiro atoms. The Morgan fingerprint density at radius 3 is 2.62 bits per heavy atom. The SMILES string of the molecule is COc1ccccc1CC(C)NC1CCN(CC(=O)N(C)C)CC1. The number of carbonyl (C=O) groups is 1. The zero-order valence-electron chi connectivity index (χ0n) is 15.4. The van der Waals surface area contributed by atoms with Crippen molar-refractivity contribution in [2.24, 2.45) is 0 Å². The number of ether oxygens (including phenoxy) is 1. The van der Waals surface area contributed by atoms with Gasteiger partial charge < -0.3 is 15.0 Å². The fourth-order valence-corrected chi connectivity index (χ4v) is 3.25. The van der Waals surface area contributed by atoms with Crippen LogP contribution in [0.1, 0.15) is 25.3 Å². The van der Waals surface area contributed by atoms with Gasteiger partial charge in [0.05, 0.1) is 13.7 Å². The van der Waals surface area contributed by atoms with E-state index in [-0.39, 0.29) is 5.91 Å². The van der Waals surface area contributed by atoms with Crippen LogP contribution in [-0.4, -0.2) is 68.6 Å². The summed E-state index contributed by atoms with van der Waals surface area (Å²) in [5.74, 6) is 1.15. The molecule has 1 aliphatic heterocycles. The van der Waals surface area contributed by atoms with Gasteiger partial charge in [0, 0.05) is 39.3 Å². The number of methoxy groups -OCH3 is 1. The standard InChI is InChI=1S/C19H31N3O2/c1-15(13-16-7-5-6-8-18(16)24-4)20-17-9-11-22(12-10-17)14-19(23)21(2)3/h5-8,15,17,20H,9-14H2,1-4H3. The maximum Gasteiger partial charge on any atom is 0.236 e. The molecular formula is C19H31N3O2. The number of nitrogens with zero attached hydrogens (tertiary/aromatic N) is 2. The maximum atomic E-state index is 11.8. The van der Waals surface area contributed by atoms with Crippen LogP contribution in [0, 0.1) is 0 Å². The summed E-state index contributed by atoms with van der Waals surface area (Å²) in [6.45, 7) is 4.74. The Morgan fingerprint density at radius 1 is 1.33 bits per heavy atom. The Bertz CT molecular complexity index is 525. The first-order valence-electron chi connectivity index (χ1n) is 8.80. The number of likely N-dealkylation sites (N-methyl/N-ethyl adjacent to an activating group) is 1. The number of hydrogen-bond acceptors (Lipinski definition) is 4. The summed E-state index contributed by atoms with van der Waals surface area (Å²) in [5, 5.41) is 3.74. The molecule has 0 saturated carbocycles. The lowest BCUT2D eigenvalue weighted by atomic mass is 10.0. The van der Waals surface area contributed by atoms with Gasteiger partial charge in [0.1, 0.15) is 5.75 Å². The molecule has 2 rings (SSSR count). The molecule has 1 amide bonds. The third-order valence-electron chi connectivity index (χ3n) is 4.68. The quantitative estimate of drug-likeness (QED) is 0.826. The summed E-state index contributed by atoms with van der Waals surface area (Å²) in [7, 11) is 5.36. The smallest absolute Gasteiger partial charge is 0.236 e. The molecule has 1 fully saturated rings. The molecule has 0 radical (unpaired) electrons. The minimum atomic E-state index is 0.186. The Hall–Kier alpha value is -1.59. The molecule has 1 saturated heterocycles. The van der Waals surface area contributed by atoms with E-state index in [1.807, 2.05) is 26.2 Å². The first-order valence-corrected chi connectivity index (χ1v) is 8.80. The fraction of sp³-hybridized carbons (Fsp3) is 0.632. The number of rotatable bonds is 7. The molecule has 1 aliphatic rings. The van der Waals surface area contributed by atoms with Crippen LogP contribution >= 0.6 is 0 Å². The van der Waals surface area contributed by atoms with Crippen LogP contribution in [0.3, 0.4) is 0 Å². The summed E-state index contributed by atoms with van der Waals surface area (Å²) >= 11 is 0. The summed E-state index contributed by atoms with van der Waals surface area (Å²) in [4.78, 5) is 15.7. The summed E-state index contributed by atoms with van der Waals surface area (Å²) in [6, 6.07) is 9.15. The summed E-state index contributed by atoms with van der Waals surface area (Å²) in [5.41, 5.74) is 1.24. The van der Waals surface area contributed by atoms with E-state index >= 15 is 0 Å². The van der Waals surface area contributed by atoms with Crippen LogP contribution in [0.15, 0.2) is 24.3 Å². The third-order valence-corrected chi connectivity index (χ3v) is 4.68. The van der Waals surface area contributed by atoms with Crippen molar-refractivity contribution in [1.29, 1.82) is 0 Å². The topological polar surface area (TPSA) is 44.8 Å². The van der Waals surface area contributed by atoms with E-state index < -0.39 is 0 Å². The second kappa shape index (κ2) is 9.04. The van der Waals surface area contributed by atoms with Crippen LogP contribution in [0.5, 0.6) is 5.75 Å². The lowest BCUT2D eigenvalue weighted by Crippen LogP contribution is -2.48. The zero-order chi connectivity index (χ0) is 17.5. The Balaban J connectivity index is 1.76. The van der Waals surface area contributed by atoms with E-state index in [1.54, 1.807) is 12.0 Å². The first kappa shape index (κ1) is 18.7. The number of nitrogens with one attached hydrogen (secondary N) is 1. The number of hydrogen-bond donors (Lipinski definition) is 1. The minimum Gasteiger partial charge on any atom is -0.496 e. The van der Waals surface area contributed by atoms with Crippen LogP contribution in [-0.2, 0) is 11.2 Å². The highest BCUT2D eigenvalue weighted by molar-refractivity contribution is 5.77. The predicted octanol–water partition coefficient (Wildman–Crippen LogP) is 1.77. The van der Waals surface area contributed by atoms with Crippen molar-refractivity contribution >= 4 is 5.91 Å². The van der Waals surface area contributed by atoms with Crippen LogP contribution < -0.4 is 10.1 Å². The first-order chi connectivity index (χ1) is 11.5. The van der Waals surface area contributed by atoms with Gasteiger partial charge in [0.15, 0.2) is 0 Å². The summed E-state index contributed by atoms with van der Waals surface area (Å²) < 4.78 is 5.44. The van der Waals surface area contributed by atoms with Gasteiger partial charge in [-0.1, -0.05) is 18.2 Å². The molecule has 5 heteroatoms. The van der Waals surface area contributed by atoms with Gasteiger partial charge in [-0.05, 0) is 37.8 Å². The molecule has 0 bridgehead atoms. The van der Waals surface area contributed by atoms with Gasteiger partial charge >= 0.3 is 0 Å². The molecule has 0 aliphatic carbocycles. The summed E-state index contributed by atoms with van der Waals surface area (Å²) in [6.07, 6.45) is 3.15. The Morgan fingerprint density at radius 2 is 2.00 bits per heavy atom. The average molecular weight is 333 g/mol. The molecule has 5 nitrogen and oxygen atoms in total. The van der Waals surface area contributed by atoms with Gasteiger partial charge in [-0.15, -0.1) is 0 Å². The van der Waals surface area contributed by atoms with E-state index in [0.29, 0.717) is 18.6 Å².